The molecule has 0 heterocycles. The van der Waals surface area contributed by atoms with E-state index >= 15 is 0 Å². The molecular formula is C13H17N3O3. The first-order valence-electron chi connectivity index (χ1n) is 5.87. The molecule has 0 saturated heterocycles. The third kappa shape index (κ3) is 6.21. The summed E-state index contributed by atoms with van der Waals surface area (Å²) in [5.41, 5.74) is 2.89. The maximum atomic E-state index is 11.4. The van der Waals surface area contributed by atoms with Crippen molar-refractivity contribution >= 4 is 18.0 Å². The number of hydrogen-bond donors (Lipinski definition) is 3. The molecule has 0 saturated carbocycles. The van der Waals surface area contributed by atoms with Crippen molar-refractivity contribution in [3.8, 4) is 5.75 Å². The molecule has 0 unspecified atom stereocenters. The fourth-order valence-corrected chi connectivity index (χ4v) is 1.34. The number of benzene rings is 1. The van der Waals surface area contributed by atoms with Gasteiger partial charge in [-0.25, -0.2) is 5.43 Å². The highest BCUT2D eigenvalue weighted by Gasteiger charge is 2.08. The molecule has 6 nitrogen and oxygen atoms in total. The Morgan fingerprint density at radius 2 is 2.11 bits per heavy atom. The third-order valence-corrected chi connectivity index (χ3v) is 2.04. The highest BCUT2D eigenvalue weighted by Crippen LogP contribution is 2.08. The van der Waals surface area contributed by atoms with Gasteiger partial charge in [-0.2, -0.15) is 5.10 Å². The average Bonchev–Trinajstić information content (AvgIpc) is 2.27. The summed E-state index contributed by atoms with van der Waals surface area (Å²) < 4.78 is 0. The summed E-state index contributed by atoms with van der Waals surface area (Å²) in [7, 11) is 0. The van der Waals surface area contributed by atoms with E-state index in [-0.39, 0.29) is 24.1 Å². The molecule has 0 aliphatic carbocycles. The Balaban J connectivity index is 2.40. The highest BCUT2D eigenvalue weighted by molar-refractivity contribution is 5.97. The highest BCUT2D eigenvalue weighted by atomic mass is 16.3. The van der Waals surface area contributed by atoms with E-state index < -0.39 is 5.91 Å². The lowest BCUT2D eigenvalue weighted by molar-refractivity contribution is -0.129. The van der Waals surface area contributed by atoms with Gasteiger partial charge in [0.1, 0.15) is 12.2 Å². The fraction of sp³-hybridized carbons (Fsp3) is 0.308. The van der Waals surface area contributed by atoms with Gasteiger partial charge in [-0.15, -0.1) is 0 Å². The van der Waals surface area contributed by atoms with E-state index in [1.165, 1.54) is 18.3 Å². The molecule has 1 aromatic rings. The number of nitrogens with zero attached hydrogens (tertiary/aromatic N) is 1. The molecule has 0 aliphatic heterocycles. The smallest absolute Gasteiger partial charge is 0.249 e. The van der Waals surface area contributed by atoms with Crippen LogP contribution in [0.2, 0.25) is 0 Å². The number of amides is 2. The van der Waals surface area contributed by atoms with Crippen molar-refractivity contribution in [1.82, 2.24) is 10.7 Å². The fourth-order valence-electron chi connectivity index (χ4n) is 1.34. The first-order chi connectivity index (χ1) is 8.97. The van der Waals surface area contributed by atoms with Gasteiger partial charge in [0.25, 0.3) is 0 Å². The topological polar surface area (TPSA) is 90.8 Å². The van der Waals surface area contributed by atoms with E-state index in [4.69, 9.17) is 0 Å². The lowest BCUT2D eigenvalue weighted by atomic mass is 10.2. The van der Waals surface area contributed by atoms with Gasteiger partial charge in [0.15, 0.2) is 0 Å². The molecule has 0 radical (unpaired) electrons. The lowest BCUT2D eigenvalue weighted by Gasteiger charge is -2.06. The standard InChI is InChI=1S/C13H17N3O3/c1-9(2)15-12(18)7-13(19)16-14-8-10-4-3-5-11(17)6-10/h3-6,8-9,17H,7H2,1-2H3,(H,15,18)(H,16,19). The summed E-state index contributed by atoms with van der Waals surface area (Å²) in [4.78, 5) is 22.6. The number of rotatable bonds is 5. The first-order valence-corrected chi connectivity index (χ1v) is 5.87. The van der Waals surface area contributed by atoms with Crippen LogP contribution < -0.4 is 10.7 Å². The van der Waals surface area contributed by atoms with Crippen LogP contribution in [-0.4, -0.2) is 29.2 Å². The van der Waals surface area contributed by atoms with Gasteiger partial charge >= 0.3 is 0 Å². The van der Waals surface area contributed by atoms with Crippen LogP contribution >= 0.6 is 0 Å². The van der Waals surface area contributed by atoms with Crippen molar-refractivity contribution in [2.75, 3.05) is 0 Å². The maximum Gasteiger partial charge on any atom is 0.249 e. The van der Waals surface area contributed by atoms with Crippen LogP contribution in [0.4, 0.5) is 0 Å². The summed E-state index contributed by atoms with van der Waals surface area (Å²) >= 11 is 0. The minimum Gasteiger partial charge on any atom is -0.508 e. The van der Waals surface area contributed by atoms with Gasteiger partial charge in [0.2, 0.25) is 11.8 Å². The minimum atomic E-state index is -0.491. The van der Waals surface area contributed by atoms with Crippen molar-refractivity contribution in [2.24, 2.45) is 5.10 Å². The van der Waals surface area contributed by atoms with E-state index in [0.29, 0.717) is 5.56 Å². The van der Waals surface area contributed by atoms with E-state index in [0.717, 1.165) is 0 Å². The Kier molecular flexibility index (Phi) is 5.53. The number of hydrogen-bond acceptors (Lipinski definition) is 4. The van der Waals surface area contributed by atoms with Crippen molar-refractivity contribution in [3.05, 3.63) is 29.8 Å². The van der Waals surface area contributed by atoms with Crippen LogP contribution in [0.3, 0.4) is 0 Å². The Hall–Kier alpha value is -2.37. The van der Waals surface area contributed by atoms with Crippen LogP contribution in [0.15, 0.2) is 29.4 Å². The van der Waals surface area contributed by atoms with Gasteiger partial charge in [-0.05, 0) is 31.5 Å². The van der Waals surface area contributed by atoms with Crippen molar-refractivity contribution in [3.63, 3.8) is 0 Å². The van der Waals surface area contributed by atoms with Crippen LogP contribution in [0, 0.1) is 0 Å². The number of hydrazone groups is 1. The first kappa shape index (κ1) is 14.7. The molecule has 6 heteroatoms. The van der Waals surface area contributed by atoms with Crippen LogP contribution in [0.25, 0.3) is 0 Å². The Bertz CT molecular complexity index is 484. The summed E-state index contributed by atoms with van der Waals surface area (Å²) in [5, 5.41) is 15.5. The van der Waals surface area contributed by atoms with Crippen LogP contribution in [-0.2, 0) is 9.59 Å². The van der Waals surface area contributed by atoms with E-state index in [2.05, 4.69) is 15.8 Å². The van der Waals surface area contributed by atoms with E-state index in [1.807, 2.05) is 13.8 Å². The lowest BCUT2D eigenvalue weighted by Crippen LogP contribution is -2.34. The van der Waals surface area contributed by atoms with E-state index in [1.54, 1.807) is 12.1 Å². The SMILES string of the molecule is CC(C)NC(=O)CC(=O)NN=Cc1cccc(O)c1. The molecule has 3 N–H and O–H groups in total. The second-order valence-corrected chi connectivity index (χ2v) is 4.29. The Morgan fingerprint density at radius 3 is 2.74 bits per heavy atom. The zero-order chi connectivity index (χ0) is 14.3. The number of phenolic OH excluding ortho intramolecular Hbond substituents is 1. The number of nitrogens with one attached hydrogen (secondary N) is 2. The number of carbonyl (C=O) groups excluding carboxylic acids is 2. The summed E-state index contributed by atoms with van der Waals surface area (Å²) in [5.74, 6) is -0.721. The van der Waals surface area contributed by atoms with Crippen LogP contribution in [0.1, 0.15) is 25.8 Å². The second kappa shape index (κ2) is 7.15. The van der Waals surface area contributed by atoms with Gasteiger partial charge in [0, 0.05) is 6.04 Å². The van der Waals surface area contributed by atoms with Gasteiger partial charge in [0.05, 0.1) is 6.21 Å². The monoisotopic (exact) mass is 263 g/mol. The van der Waals surface area contributed by atoms with Gasteiger partial charge < -0.3 is 10.4 Å². The van der Waals surface area contributed by atoms with Crippen molar-refractivity contribution in [1.29, 1.82) is 0 Å². The summed E-state index contributed by atoms with van der Waals surface area (Å²) in [6.07, 6.45) is 1.12. The van der Waals surface area contributed by atoms with Crippen molar-refractivity contribution < 1.29 is 14.7 Å². The normalized spacial score (nSPS) is 10.7. The molecule has 0 aliphatic rings. The van der Waals surface area contributed by atoms with Gasteiger partial charge in [-0.3, -0.25) is 9.59 Å². The minimum absolute atomic E-state index is 0.00362. The largest absolute Gasteiger partial charge is 0.508 e. The number of phenols is 1. The molecular weight excluding hydrogens is 246 g/mol. The Labute approximate surface area is 111 Å². The molecule has 0 aromatic heterocycles. The molecule has 1 aromatic carbocycles. The molecule has 0 fully saturated rings. The maximum absolute atomic E-state index is 11.4. The quantitative estimate of drug-likeness (QED) is 0.416. The molecule has 0 atom stereocenters. The molecule has 0 spiro atoms. The molecule has 19 heavy (non-hydrogen) atoms. The number of carbonyl (C=O) groups is 2. The second-order valence-electron chi connectivity index (χ2n) is 4.29. The molecule has 1 rings (SSSR count). The summed E-state index contributed by atoms with van der Waals surface area (Å²) in [6, 6.07) is 6.42. The molecule has 0 bridgehead atoms. The predicted molar refractivity (Wildman–Crippen MR) is 71.7 cm³/mol. The zero-order valence-corrected chi connectivity index (χ0v) is 10.9. The van der Waals surface area contributed by atoms with Gasteiger partial charge in [-0.1, -0.05) is 12.1 Å². The molecule has 102 valence electrons. The number of aromatic hydroxyl groups is 1. The average molecular weight is 263 g/mol. The zero-order valence-electron chi connectivity index (χ0n) is 10.9. The van der Waals surface area contributed by atoms with Crippen molar-refractivity contribution in [2.45, 2.75) is 26.3 Å². The Morgan fingerprint density at radius 1 is 1.37 bits per heavy atom. The summed E-state index contributed by atoms with van der Waals surface area (Å²) in [6.45, 7) is 3.63. The van der Waals surface area contributed by atoms with E-state index in [9.17, 15) is 14.7 Å². The van der Waals surface area contributed by atoms with Crippen LogP contribution in [0.5, 0.6) is 5.75 Å². The molecule has 2 amide bonds. The third-order valence-electron chi connectivity index (χ3n) is 2.04. The predicted octanol–water partition coefficient (Wildman–Crippen LogP) is 0.757.